The van der Waals surface area contributed by atoms with Gasteiger partial charge in [0.2, 0.25) is 0 Å². The molecule has 0 bridgehead atoms. The minimum absolute atomic E-state index is 0.422. The zero-order valence-corrected chi connectivity index (χ0v) is 10.5. The van der Waals surface area contributed by atoms with Crippen molar-refractivity contribution in [1.29, 1.82) is 0 Å². The van der Waals surface area contributed by atoms with Crippen LogP contribution in [-0.4, -0.2) is 19.1 Å². The number of nitrogens with zero attached hydrogens (tertiary/aromatic N) is 1. The lowest BCUT2D eigenvalue weighted by Gasteiger charge is -2.34. The summed E-state index contributed by atoms with van der Waals surface area (Å²) in [5.74, 6) is 0. The van der Waals surface area contributed by atoms with Crippen molar-refractivity contribution in [3.8, 4) is 0 Å². The fourth-order valence-electron chi connectivity index (χ4n) is 3.20. The van der Waals surface area contributed by atoms with Crippen molar-refractivity contribution in [2.45, 2.75) is 44.6 Å². The summed E-state index contributed by atoms with van der Waals surface area (Å²) in [7, 11) is 0. The largest absolute Gasteiger partial charge is 0.371 e. The average Bonchev–Trinajstić information content (AvgIpc) is 2.39. The van der Waals surface area contributed by atoms with Crippen LogP contribution in [0.2, 0.25) is 0 Å². The van der Waals surface area contributed by atoms with Gasteiger partial charge in [-0.25, -0.2) is 0 Å². The van der Waals surface area contributed by atoms with E-state index in [1.165, 1.54) is 31.4 Å². The number of fused-ring (bicyclic) bond motifs is 1. The van der Waals surface area contributed by atoms with Gasteiger partial charge in [0.15, 0.2) is 0 Å². The highest BCUT2D eigenvalue weighted by atomic mass is 15.1. The second kappa shape index (κ2) is 4.69. The maximum Gasteiger partial charge on any atom is 0.0401 e. The van der Waals surface area contributed by atoms with Crippen molar-refractivity contribution >= 4 is 5.69 Å². The van der Waals surface area contributed by atoms with Gasteiger partial charge in [0, 0.05) is 24.8 Å². The molecule has 2 aliphatic rings. The molecule has 1 aromatic carbocycles. The van der Waals surface area contributed by atoms with Crippen LogP contribution in [0.1, 0.15) is 36.8 Å². The SMILES string of the molecule is NC1CCN(c2cccc3c2CCCC3)CC1. The Balaban J connectivity index is 1.87. The van der Waals surface area contributed by atoms with Gasteiger partial charge in [0.1, 0.15) is 0 Å². The topological polar surface area (TPSA) is 29.3 Å². The molecule has 3 rings (SSSR count). The zero-order valence-electron chi connectivity index (χ0n) is 10.5. The van der Waals surface area contributed by atoms with Crippen LogP contribution in [0.5, 0.6) is 0 Å². The summed E-state index contributed by atoms with van der Waals surface area (Å²) >= 11 is 0. The lowest BCUT2D eigenvalue weighted by molar-refractivity contribution is 0.499. The summed E-state index contributed by atoms with van der Waals surface area (Å²) < 4.78 is 0. The predicted octanol–water partition coefficient (Wildman–Crippen LogP) is 2.49. The minimum atomic E-state index is 0.422. The van der Waals surface area contributed by atoms with Crippen molar-refractivity contribution in [2.75, 3.05) is 18.0 Å². The van der Waals surface area contributed by atoms with Crippen molar-refractivity contribution in [2.24, 2.45) is 5.73 Å². The Hall–Kier alpha value is -1.02. The molecule has 17 heavy (non-hydrogen) atoms. The van der Waals surface area contributed by atoms with Crippen LogP contribution in [0.3, 0.4) is 0 Å². The highest BCUT2D eigenvalue weighted by Crippen LogP contribution is 2.31. The second-order valence-electron chi connectivity index (χ2n) is 5.45. The minimum Gasteiger partial charge on any atom is -0.371 e. The lowest BCUT2D eigenvalue weighted by atomic mass is 9.89. The molecule has 2 N–H and O–H groups in total. The first-order valence-corrected chi connectivity index (χ1v) is 6.96. The van der Waals surface area contributed by atoms with Crippen LogP contribution >= 0.6 is 0 Å². The van der Waals surface area contributed by atoms with Crippen molar-refractivity contribution < 1.29 is 0 Å². The maximum absolute atomic E-state index is 5.99. The molecule has 1 heterocycles. The number of anilines is 1. The lowest BCUT2D eigenvalue weighted by Crippen LogP contribution is -2.40. The van der Waals surface area contributed by atoms with Crippen LogP contribution in [0.25, 0.3) is 0 Å². The number of piperidine rings is 1. The van der Waals surface area contributed by atoms with Crippen LogP contribution < -0.4 is 10.6 Å². The van der Waals surface area contributed by atoms with Gasteiger partial charge in [-0.3, -0.25) is 0 Å². The highest BCUT2D eigenvalue weighted by molar-refractivity contribution is 5.58. The number of hydrogen-bond acceptors (Lipinski definition) is 2. The van der Waals surface area contributed by atoms with Gasteiger partial charge >= 0.3 is 0 Å². The fraction of sp³-hybridized carbons (Fsp3) is 0.600. The molecule has 1 aliphatic carbocycles. The van der Waals surface area contributed by atoms with Crippen LogP contribution in [0.15, 0.2) is 18.2 Å². The summed E-state index contributed by atoms with van der Waals surface area (Å²) in [6.07, 6.45) is 7.55. The monoisotopic (exact) mass is 230 g/mol. The molecule has 2 heteroatoms. The number of aryl methyl sites for hydroxylation is 1. The van der Waals surface area contributed by atoms with E-state index in [1.54, 1.807) is 11.1 Å². The third-order valence-corrected chi connectivity index (χ3v) is 4.25. The first-order chi connectivity index (χ1) is 8.34. The van der Waals surface area contributed by atoms with E-state index in [2.05, 4.69) is 23.1 Å². The quantitative estimate of drug-likeness (QED) is 0.803. The Morgan fingerprint density at radius 3 is 2.65 bits per heavy atom. The molecule has 0 saturated carbocycles. The predicted molar refractivity (Wildman–Crippen MR) is 72.5 cm³/mol. The third kappa shape index (κ3) is 2.19. The fourth-order valence-corrected chi connectivity index (χ4v) is 3.20. The highest BCUT2D eigenvalue weighted by Gasteiger charge is 2.20. The third-order valence-electron chi connectivity index (χ3n) is 4.25. The average molecular weight is 230 g/mol. The molecule has 1 aromatic rings. The molecule has 1 fully saturated rings. The Kier molecular flexibility index (Phi) is 3.06. The first kappa shape index (κ1) is 11.1. The van der Waals surface area contributed by atoms with Gasteiger partial charge in [-0.2, -0.15) is 0 Å². The molecular formula is C15H22N2. The summed E-state index contributed by atoms with van der Waals surface area (Å²) in [6, 6.07) is 7.27. The molecule has 0 spiro atoms. The molecule has 92 valence electrons. The molecule has 0 aromatic heterocycles. The Labute approximate surface area is 104 Å². The summed E-state index contributed by atoms with van der Waals surface area (Å²) in [5.41, 5.74) is 10.7. The van der Waals surface area contributed by atoms with E-state index >= 15 is 0 Å². The van der Waals surface area contributed by atoms with Gasteiger partial charge < -0.3 is 10.6 Å². The van der Waals surface area contributed by atoms with Gasteiger partial charge in [-0.05, 0) is 55.7 Å². The van der Waals surface area contributed by atoms with Crippen molar-refractivity contribution in [3.05, 3.63) is 29.3 Å². The van der Waals surface area contributed by atoms with E-state index in [0.717, 1.165) is 25.9 Å². The van der Waals surface area contributed by atoms with Crippen LogP contribution in [0, 0.1) is 0 Å². The van der Waals surface area contributed by atoms with Crippen LogP contribution in [-0.2, 0) is 12.8 Å². The molecule has 1 aliphatic heterocycles. The molecule has 0 atom stereocenters. The smallest absolute Gasteiger partial charge is 0.0401 e. The number of nitrogens with two attached hydrogens (primary N) is 1. The van der Waals surface area contributed by atoms with E-state index in [-0.39, 0.29) is 0 Å². The zero-order chi connectivity index (χ0) is 11.7. The van der Waals surface area contributed by atoms with Crippen molar-refractivity contribution in [3.63, 3.8) is 0 Å². The molecule has 0 unspecified atom stereocenters. The van der Waals surface area contributed by atoms with E-state index in [9.17, 15) is 0 Å². The Morgan fingerprint density at radius 1 is 1.06 bits per heavy atom. The van der Waals surface area contributed by atoms with Crippen LogP contribution in [0.4, 0.5) is 5.69 Å². The molecule has 2 nitrogen and oxygen atoms in total. The first-order valence-electron chi connectivity index (χ1n) is 6.96. The molecule has 1 saturated heterocycles. The standard InChI is InChI=1S/C15H22N2/c16-13-8-10-17(11-9-13)15-7-3-5-12-4-1-2-6-14(12)15/h3,5,7,13H,1-2,4,6,8-11,16H2. The summed E-state index contributed by atoms with van der Waals surface area (Å²) in [6.45, 7) is 2.27. The van der Waals surface area contributed by atoms with E-state index in [1.807, 2.05) is 0 Å². The number of benzene rings is 1. The molecule has 0 amide bonds. The number of rotatable bonds is 1. The molecular weight excluding hydrogens is 208 g/mol. The molecule has 0 radical (unpaired) electrons. The van der Waals surface area contributed by atoms with E-state index < -0.39 is 0 Å². The van der Waals surface area contributed by atoms with E-state index in [0.29, 0.717) is 6.04 Å². The Morgan fingerprint density at radius 2 is 1.82 bits per heavy atom. The van der Waals surface area contributed by atoms with Gasteiger partial charge in [0.25, 0.3) is 0 Å². The normalized spacial score (nSPS) is 21.4. The van der Waals surface area contributed by atoms with Gasteiger partial charge in [0.05, 0.1) is 0 Å². The van der Waals surface area contributed by atoms with E-state index in [4.69, 9.17) is 5.73 Å². The number of hydrogen-bond donors (Lipinski definition) is 1. The summed E-state index contributed by atoms with van der Waals surface area (Å²) in [5, 5.41) is 0. The Bertz CT molecular complexity index is 392. The summed E-state index contributed by atoms with van der Waals surface area (Å²) in [4.78, 5) is 2.55. The van der Waals surface area contributed by atoms with Gasteiger partial charge in [-0.1, -0.05) is 12.1 Å². The van der Waals surface area contributed by atoms with Gasteiger partial charge in [-0.15, -0.1) is 0 Å². The van der Waals surface area contributed by atoms with Crippen molar-refractivity contribution in [1.82, 2.24) is 0 Å². The maximum atomic E-state index is 5.99. The second-order valence-corrected chi connectivity index (χ2v) is 5.45.